The van der Waals surface area contributed by atoms with E-state index in [1.54, 1.807) is 0 Å². The van der Waals surface area contributed by atoms with Crippen molar-refractivity contribution in [2.24, 2.45) is 0 Å². The average molecular weight is 304 g/mol. The van der Waals surface area contributed by atoms with Crippen molar-refractivity contribution in [1.82, 2.24) is 0 Å². The molecular weight excluding hydrogens is 284 g/mol. The van der Waals surface area contributed by atoms with Gasteiger partial charge in [-0.3, -0.25) is 0 Å². The lowest BCUT2D eigenvalue weighted by molar-refractivity contribution is 0.304. The topological polar surface area (TPSA) is 18.5 Å². The van der Waals surface area contributed by atoms with Crippen molar-refractivity contribution in [2.45, 2.75) is 20.5 Å². The van der Waals surface area contributed by atoms with Crippen molar-refractivity contribution in [2.75, 3.05) is 0 Å². The minimum Gasteiger partial charge on any atom is -0.489 e. The van der Waals surface area contributed by atoms with Crippen LogP contribution < -0.4 is 9.47 Å². The molecule has 0 heterocycles. The van der Waals surface area contributed by atoms with Gasteiger partial charge in [-0.05, 0) is 49.2 Å². The molecule has 0 saturated heterocycles. The van der Waals surface area contributed by atoms with Crippen LogP contribution in [0.4, 0.5) is 0 Å². The summed E-state index contributed by atoms with van der Waals surface area (Å²) in [6.07, 6.45) is 0. The first-order valence-electron chi connectivity index (χ1n) is 7.72. The molecule has 0 unspecified atom stereocenters. The maximum Gasteiger partial charge on any atom is 0.131 e. The third-order valence-electron chi connectivity index (χ3n) is 3.72. The molecule has 0 aliphatic rings. The summed E-state index contributed by atoms with van der Waals surface area (Å²) in [5.74, 6) is 2.40. The molecule has 23 heavy (non-hydrogen) atoms. The van der Waals surface area contributed by atoms with Gasteiger partial charge in [0.25, 0.3) is 0 Å². The van der Waals surface area contributed by atoms with Crippen LogP contribution >= 0.6 is 0 Å². The van der Waals surface area contributed by atoms with Gasteiger partial charge >= 0.3 is 0 Å². The number of ether oxygens (including phenoxy) is 2. The third-order valence-corrected chi connectivity index (χ3v) is 3.72. The second kappa shape index (κ2) is 7.01. The van der Waals surface area contributed by atoms with Crippen molar-refractivity contribution >= 4 is 0 Å². The molecule has 2 heteroatoms. The molecule has 3 aromatic carbocycles. The number of hydrogen-bond acceptors (Lipinski definition) is 2. The van der Waals surface area contributed by atoms with E-state index in [0.29, 0.717) is 6.61 Å². The fourth-order valence-electron chi connectivity index (χ4n) is 2.30. The molecule has 0 amide bonds. The van der Waals surface area contributed by atoms with Crippen LogP contribution in [0.15, 0.2) is 72.8 Å². The summed E-state index contributed by atoms with van der Waals surface area (Å²) in [5.41, 5.74) is 3.64. The standard InChI is InChI=1S/C21H20O2/c1-16-10-12-19(13-11-16)23-21-9-5-8-20(14-21)22-15-18-7-4-3-6-17(18)2/h3-14H,15H2,1-2H3. The van der Waals surface area contributed by atoms with Crippen LogP contribution in [0, 0.1) is 13.8 Å². The Morgan fingerprint density at radius 3 is 2.22 bits per heavy atom. The fraction of sp³-hybridized carbons (Fsp3) is 0.143. The van der Waals surface area contributed by atoms with Gasteiger partial charge in [0.05, 0.1) is 0 Å². The van der Waals surface area contributed by atoms with E-state index in [-0.39, 0.29) is 0 Å². The molecule has 0 bridgehead atoms. The Balaban J connectivity index is 1.67. The molecule has 0 N–H and O–H groups in total. The highest BCUT2D eigenvalue weighted by Gasteiger charge is 2.02. The van der Waals surface area contributed by atoms with E-state index in [2.05, 4.69) is 26.0 Å². The molecule has 3 aromatic rings. The molecule has 0 saturated carbocycles. The van der Waals surface area contributed by atoms with Gasteiger partial charge in [0.15, 0.2) is 0 Å². The highest BCUT2D eigenvalue weighted by atomic mass is 16.5. The number of aryl methyl sites for hydroxylation is 2. The second-order valence-corrected chi connectivity index (χ2v) is 5.61. The van der Waals surface area contributed by atoms with Gasteiger partial charge in [-0.25, -0.2) is 0 Å². The zero-order chi connectivity index (χ0) is 16.1. The summed E-state index contributed by atoms with van der Waals surface area (Å²) >= 11 is 0. The predicted octanol–water partition coefficient (Wildman–Crippen LogP) is 5.67. The first-order valence-corrected chi connectivity index (χ1v) is 7.72. The Morgan fingerprint density at radius 1 is 0.696 bits per heavy atom. The van der Waals surface area contributed by atoms with E-state index < -0.39 is 0 Å². The van der Waals surface area contributed by atoms with Crippen molar-refractivity contribution < 1.29 is 9.47 Å². The maximum absolute atomic E-state index is 5.89. The normalized spacial score (nSPS) is 10.3. The lowest BCUT2D eigenvalue weighted by Crippen LogP contribution is -1.97. The van der Waals surface area contributed by atoms with Crippen LogP contribution in [0.1, 0.15) is 16.7 Å². The van der Waals surface area contributed by atoms with Crippen LogP contribution in [0.25, 0.3) is 0 Å². The summed E-state index contributed by atoms with van der Waals surface area (Å²) in [5, 5.41) is 0. The van der Waals surface area contributed by atoms with Crippen molar-refractivity contribution in [3.8, 4) is 17.2 Å². The minimum absolute atomic E-state index is 0.556. The zero-order valence-electron chi connectivity index (χ0n) is 13.5. The minimum atomic E-state index is 0.556. The van der Waals surface area contributed by atoms with E-state index in [9.17, 15) is 0 Å². The summed E-state index contributed by atoms with van der Waals surface area (Å²) < 4.78 is 11.8. The van der Waals surface area contributed by atoms with Crippen molar-refractivity contribution in [1.29, 1.82) is 0 Å². The zero-order valence-corrected chi connectivity index (χ0v) is 13.5. The molecule has 0 aliphatic heterocycles. The number of hydrogen-bond donors (Lipinski definition) is 0. The van der Waals surface area contributed by atoms with Crippen LogP contribution in [-0.4, -0.2) is 0 Å². The Hall–Kier alpha value is -2.74. The smallest absolute Gasteiger partial charge is 0.131 e. The summed E-state index contributed by atoms with van der Waals surface area (Å²) in [6, 6.07) is 24.0. The summed E-state index contributed by atoms with van der Waals surface area (Å²) in [4.78, 5) is 0. The fourth-order valence-corrected chi connectivity index (χ4v) is 2.30. The Bertz CT molecular complexity index is 776. The van der Waals surface area contributed by atoms with E-state index in [1.165, 1.54) is 16.7 Å². The summed E-state index contributed by atoms with van der Waals surface area (Å²) in [6.45, 7) is 4.71. The van der Waals surface area contributed by atoms with Gasteiger partial charge in [0.1, 0.15) is 23.9 Å². The van der Waals surface area contributed by atoms with Crippen LogP contribution in [-0.2, 0) is 6.61 Å². The molecule has 0 atom stereocenters. The molecule has 0 spiro atoms. The molecule has 2 nitrogen and oxygen atoms in total. The Morgan fingerprint density at radius 2 is 1.43 bits per heavy atom. The van der Waals surface area contributed by atoms with Gasteiger partial charge in [0.2, 0.25) is 0 Å². The average Bonchev–Trinajstić information content (AvgIpc) is 2.57. The first kappa shape index (κ1) is 15.2. The molecule has 3 rings (SSSR count). The summed E-state index contributed by atoms with van der Waals surface area (Å²) in [7, 11) is 0. The molecule has 0 aliphatic carbocycles. The van der Waals surface area contributed by atoms with Crippen LogP contribution in [0.3, 0.4) is 0 Å². The van der Waals surface area contributed by atoms with Gasteiger partial charge < -0.3 is 9.47 Å². The van der Waals surface area contributed by atoms with E-state index in [1.807, 2.05) is 60.7 Å². The molecule has 0 aromatic heterocycles. The lowest BCUT2D eigenvalue weighted by atomic mass is 10.1. The second-order valence-electron chi connectivity index (χ2n) is 5.61. The quantitative estimate of drug-likeness (QED) is 0.604. The van der Waals surface area contributed by atoms with Crippen LogP contribution in [0.2, 0.25) is 0 Å². The van der Waals surface area contributed by atoms with E-state index >= 15 is 0 Å². The lowest BCUT2D eigenvalue weighted by Gasteiger charge is -2.11. The van der Waals surface area contributed by atoms with Gasteiger partial charge in [-0.1, -0.05) is 48.0 Å². The monoisotopic (exact) mass is 304 g/mol. The SMILES string of the molecule is Cc1ccc(Oc2cccc(OCc3ccccc3C)c2)cc1. The number of rotatable bonds is 5. The molecule has 0 radical (unpaired) electrons. The van der Waals surface area contributed by atoms with Crippen molar-refractivity contribution in [3.05, 3.63) is 89.5 Å². The Kier molecular flexibility index (Phi) is 4.62. The molecular formula is C21H20O2. The third kappa shape index (κ3) is 4.13. The molecule has 0 fully saturated rings. The Labute approximate surface area is 137 Å². The largest absolute Gasteiger partial charge is 0.489 e. The van der Waals surface area contributed by atoms with Gasteiger partial charge in [0, 0.05) is 6.07 Å². The maximum atomic E-state index is 5.89. The van der Waals surface area contributed by atoms with Gasteiger partial charge in [-0.2, -0.15) is 0 Å². The highest BCUT2D eigenvalue weighted by molar-refractivity contribution is 5.37. The van der Waals surface area contributed by atoms with Crippen LogP contribution in [0.5, 0.6) is 17.2 Å². The van der Waals surface area contributed by atoms with Gasteiger partial charge in [-0.15, -0.1) is 0 Å². The van der Waals surface area contributed by atoms with Crippen molar-refractivity contribution in [3.63, 3.8) is 0 Å². The number of benzene rings is 3. The van der Waals surface area contributed by atoms with E-state index in [0.717, 1.165) is 17.2 Å². The predicted molar refractivity (Wildman–Crippen MR) is 93.2 cm³/mol. The molecule has 116 valence electrons. The first-order chi connectivity index (χ1) is 11.2. The highest BCUT2D eigenvalue weighted by Crippen LogP contribution is 2.26. The van der Waals surface area contributed by atoms with E-state index in [4.69, 9.17) is 9.47 Å².